The Kier molecular flexibility index (Phi) is 2.65. The fourth-order valence-electron chi connectivity index (χ4n) is 1.90. The first-order chi connectivity index (χ1) is 8.24. The number of halogens is 2. The standard InChI is InChI=1S/C12H9Cl2N3/c13-9-3-1-2-8(6-9)10-7-15-12-5-4-11(14)16-17(10)12/h1-5,7,9H,6H2. The van der Waals surface area contributed by atoms with E-state index in [9.17, 15) is 0 Å². The van der Waals surface area contributed by atoms with Crippen molar-refractivity contribution in [2.75, 3.05) is 0 Å². The summed E-state index contributed by atoms with van der Waals surface area (Å²) in [5, 5.41) is 4.73. The molecular weight excluding hydrogens is 257 g/mol. The van der Waals surface area contributed by atoms with Crippen molar-refractivity contribution < 1.29 is 0 Å². The van der Waals surface area contributed by atoms with E-state index in [0.717, 1.165) is 23.3 Å². The lowest BCUT2D eigenvalue weighted by molar-refractivity contribution is 0.907. The summed E-state index contributed by atoms with van der Waals surface area (Å²) in [6.45, 7) is 0. The first kappa shape index (κ1) is 10.8. The van der Waals surface area contributed by atoms with Crippen molar-refractivity contribution in [1.82, 2.24) is 14.6 Å². The van der Waals surface area contributed by atoms with Gasteiger partial charge in [-0.1, -0.05) is 29.8 Å². The van der Waals surface area contributed by atoms with Crippen LogP contribution in [0.25, 0.3) is 11.2 Å². The molecule has 0 radical (unpaired) electrons. The van der Waals surface area contributed by atoms with Crippen LogP contribution in [0.2, 0.25) is 5.15 Å². The molecule has 3 rings (SSSR count). The molecule has 0 aliphatic heterocycles. The number of allylic oxidation sites excluding steroid dienone is 4. The fraction of sp³-hybridized carbons (Fsp3) is 0.167. The van der Waals surface area contributed by atoms with Gasteiger partial charge in [-0.2, -0.15) is 5.10 Å². The van der Waals surface area contributed by atoms with E-state index in [1.165, 1.54) is 0 Å². The van der Waals surface area contributed by atoms with E-state index in [1.807, 2.05) is 24.3 Å². The summed E-state index contributed by atoms with van der Waals surface area (Å²) >= 11 is 12.0. The van der Waals surface area contributed by atoms with Gasteiger partial charge in [-0.3, -0.25) is 0 Å². The van der Waals surface area contributed by atoms with E-state index < -0.39 is 0 Å². The zero-order valence-electron chi connectivity index (χ0n) is 8.85. The van der Waals surface area contributed by atoms with Gasteiger partial charge in [0.05, 0.1) is 17.3 Å². The number of hydrogen-bond donors (Lipinski definition) is 0. The van der Waals surface area contributed by atoms with E-state index in [1.54, 1.807) is 16.8 Å². The topological polar surface area (TPSA) is 30.2 Å². The molecule has 0 amide bonds. The molecule has 2 heterocycles. The Morgan fingerprint density at radius 2 is 2.24 bits per heavy atom. The Hall–Kier alpha value is -1.32. The summed E-state index contributed by atoms with van der Waals surface area (Å²) < 4.78 is 1.75. The number of hydrogen-bond acceptors (Lipinski definition) is 2. The zero-order valence-corrected chi connectivity index (χ0v) is 10.4. The summed E-state index contributed by atoms with van der Waals surface area (Å²) in [6.07, 6.45) is 8.54. The Balaban J connectivity index is 2.14. The first-order valence-electron chi connectivity index (χ1n) is 5.26. The predicted octanol–water partition coefficient (Wildman–Crippen LogP) is 3.33. The molecule has 0 N–H and O–H groups in total. The van der Waals surface area contributed by atoms with Crippen molar-refractivity contribution >= 4 is 34.4 Å². The van der Waals surface area contributed by atoms with Crippen molar-refractivity contribution in [2.24, 2.45) is 0 Å². The normalized spacial score (nSPS) is 19.6. The molecule has 3 nitrogen and oxygen atoms in total. The molecule has 0 spiro atoms. The highest BCUT2D eigenvalue weighted by molar-refractivity contribution is 6.29. The number of fused-ring (bicyclic) bond motifs is 1. The first-order valence-corrected chi connectivity index (χ1v) is 6.07. The molecule has 0 bridgehead atoms. The van der Waals surface area contributed by atoms with Crippen LogP contribution < -0.4 is 0 Å². The van der Waals surface area contributed by atoms with Gasteiger partial charge in [0.15, 0.2) is 5.65 Å². The molecular formula is C12H9Cl2N3. The second-order valence-corrected chi connectivity index (χ2v) is 4.81. The summed E-state index contributed by atoms with van der Waals surface area (Å²) in [5.74, 6) is 0. The molecule has 2 aromatic heterocycles. The molecule has 0 saturated carbocycles. The van der Waals surface area contributed by atoms with Crippen LogP contribution in [-0.2, 0) is 0 Å². The lowest BCUT2D eigenvalue weighted by Crippen LogP contribution is -2.03. The molecule has 1 unspecified atom stereocenters. The van der Waals surface area contributed by atoms with E-state index in [-0.39, 0.29) is 5.38 Å². The number of nitrogens with zero attached hydrogens (tertiary/aromatic N) is 3. The number of rotatable bonds is 1. The van der Waals surface area contributed by atoms with Crippen molar-refractivity contribution in [3.05, 3.63) is 47.4 Å². The Morgan fingerprint density at radius 3 is 3.06 bits per heavy atom. The Morgan fingerprint density at radius 1 is 1.35 bits per heavy atom. The summed E-state index contributed by atoms with van der Waals surface area (Å²) in [4.78, 5) is 4.29. The van der Waals surface area contributed by atoms with Crippen molar-refractivity contribution in [1.29, 1.82) is 0 Å². The molecule has 0 fully saturated rings. The average molecular weight is 266 g/mol. The third-order valence-electron chi connectivity index (χ3n) is 2.69. The van der Waals surface area contributed by atoms with Gasteiger partial charge < -0.3 is 0 Å². The van der Waals surface area contributed by atoms with E-state index in [2.05, 4.69) is 10.1 Å². The van der Waals surface area contributed by atoms with E-state index in [4.69, 9.17) is 23.2 Å². The third kappa shape index (κ3) is 1.96. The highest BCUT2D eigenvalue weighted by atomic mass is 35.5. The van der Waals surface area contributed by atoms with Gasteiger partial charge in [0, 0.05) is 0 Å². The minimum absolute atomic E-state index is 0.0275. The van der Waals surface area contributed by atoms with Crippen molar-refractivity contribution in [2.45, 2.75) is 11.8 Å². The number of imidazole rings is 1. The lowest BCUT2D eigenvalue weighted by Gasteiger charge is -2.12. The molecule has 86 valence electrons. The third-order valence-corrected chi connectivity index (χ3v) is 3.19. The van der Waals surface area contributed by atoms with Gasteiger partial charge in [-0.05, 0) is 24.1 Å². The molecule has 2 aromatic rings. The van der Waals surface area contributed by atoms with Crippen LogP contribution in [0, 0.1) is 0 Å². The van der Waals surface area contributed by atoms with E-state index in [0.29, 0.717) is 5.15 Å². The maximum Gasteiger partial charge on any atom is 0.154 e. The van der Waals surface area contributed by atoms with Crippen LogP contribution >= 0.6 is 23.2 Å². The molecule has 17 heavy (non-hydrogen) atoms. The van der Waals surface area contributed by atoms with Gasteiger partial charge in [0.25, 0.3) is 0 Å². The fourth-order valence-corrected chi connectivity index (χ4v) is 2.29. The highest BCUT2D eigenvalue weighted by Gasteiger charge is 2.14. The molecule has 1 aliphatic rings. The maximum absolute atomic E-state index is 6.11. The van der Waals surface area contributed by atoms with Crippen LogP contribution in [0.3, 0.4) is 0 Å². The van der Waals surface area contributed by atoms with Gasteiger partial charge >= 0.3 is 0 Å². The molecule has 5 heteroatoms. The van der Waals surface area contributed by atoms with Crippen molar-refractivity contribution in [3.63, 3.8) is 0 Å². The average Bonchev–Trinajstić information content (AvgIpc) is 2.71. The summed E-state index contributed by atoms with van der Waals surface area (Å²) in [5.41, 5.74) is 2.85. The molecule has 0 aromatic carbocycles. The minimum atomic E-state index is 0.0275. The molecule has 1 aliphatic carbocycles. The van der Waals surface area contributed by atoms with E-state index >= 15 is 0 Å². The van der Waals surface area contributed by atoms with Crippen LogP contribution in [0.15, 0.2) is 36.6 Å². The second kappa shape index (κ2) is 4.17. The monoisotopic (exact) mass is 265 g/mol. The smallest absolute Gasteiger partial charge is 0.154 e. The van der Waals surface area contributed by atoms with Gasteiger partial charge in [0.1, 0.15) is 5.15 Å². The van der Waals surface area contributed by atoms with Crippen molar-refractivity contribution in [3.8, 4) is 0 Å². The summed E-state index contributed by atoms with van der Waals surface area (Å²) in [7, 11) is 0. The quantitative estimate of drug-likeness (QED) is 0.741. The Labute approximate surface area is 108 Å². The number of alkyl halides is 1. The van der Waals surface area contributed by atoms with Crippen LogP contribution in [0.1, 0.15) is 12.1 Å². The van der Waals surface area contributed by atoms with Crippen LogP contribution in [0.4, 0.5) is 0 Å². The van der Waals surface area contributed by atoms with Gasteiger partial charge in [-0.25, -0.2) is 9.50 Å². The van der Waals surface area contributed by atoms with Crippen LogP contribution in [0.5, 0.6) is 0 Å². The zero-order chi connectivity index (χ0) is 11.8. The highest BCUT2D eigenvalue weighted by Crippen LogP contribution is 2.26. The lowest BCUT2D eigenvalue weighted by atomic mass is 10.0. The molecule has 1 atom stereocenters. The summed E-state index contributed by atoms with van der Waals surface area (Å²) in [6, 6.07) is 3.57. The van der Waals surface area contributed by atoms with Gasteiger partial charge in [-0.15, -0.1) is 11.6 Å². The molecule has 0 saturated heterocycles. The Bertz CT molecular complexity index is 628. The SMILES string of the molecule is Clc1ccc2ncc(C3=CC=CC(Cl)C3)n2n1. The number of aromatic nitrogens is 3. The maximum atomic E-state index is 6.11. The predicted molar refractivity (Wildman–Crippen MR) is 69.4 cm³/mol. The minimum Gasteiger partial charge on any atom is -0.235 e. The van der Waals surface area contributed by atoms with Gasteiger partial charge in [0.2, 0.25) is 0 Å². The second-order valence-electron chi connectivity index (χ2n) is 3.87. The van der Waals surface area contributed by atoms with Crippen LogP contribution in [-0.4, -0.2) is 20.0 Å². The largest absolute Gasteiger partial charge is 0.235 e.